The minimum atomic E-state index is -1.87. The number of carbonyl (C=O) groups is 4. The highest BCUT2D eigenvalue weighted by molar-refractivity contribution is 5.87. The zero-order chi connectivity index (χ0) is 76.0. The summed E-state index contributed by atoms with van der Waals surface area (Å²) in [5.41, 5.74) is -0.963. The van der Waals surface area contributed by atoms with Crippen molar-refractivity contribution < 1.29 is 160 Å². The van der Waals surface area contributed by atoms with Gasteiger partial charge in [0.05, 0.1) is 53.9 Å². The predicted molar refractivity (Wildman–Crippen MR) is 351 cm³/mol. The summed E-state index contributed by atoms with van der Waals surface area (Å²) in [5.74, 6) is -5.11. The molecule has 0 unspecified atom stereocenters. The van der Waals surface area contributed by atoms with Crippen LogP contribution in [-0.2, 0) is 66.5 Å². The van der Waals surface area contributed by atoms with Crippen LogP contribution in [0, 0.1) is 5.92 Å². The van der Waals surface area contributed by atoms with Gasteiger partial charge >= 0.3 is 23.9 Å². The molecule has 4 fully saturated rings. The van der Waals surface area contributed by atoms with Gasteiger partial charge in [-0.1, -0.05) is 20.8 Å². The molecule has 4 aliphatic heterocycles. The Bertz CT molecular complexity index is 4120. The maximum absolute atomic E-state index is 13.3. The van der Waals surface area contributed by atoms with E-state index in [1.165, 1.54) is 78.7 Å². The molecule has 568 valence electrons. The van der Waals surface area contributed by atoms with Gasteiger partial charge in [0.15, 0.2) is 58.6 Å². The van der Waals surface area contributed by atoms with Crippen molar-refractivity contribution in [2.75, 3.05) is 41.7 Å². The van der Waals surface area contributed by atoms with Gasteiger partial charge in [0.2, 0.25) is 30.2 Å². The van der Waals surface area contributed by atoms with Crippen LogP contribution in [0.4, 0.5) is 0 Å². The van der Waals surface area contributed by atoms with Crippen molar-refractivity contribution in [3.63, 3.8) is 0 Å². The van der Waals surface area contributed by atoms with Crippen LogP contribution in [0.2, 0.25) is 0 Å². The van der Waals surface area contributed by atoms with Gasteiger partial charge < -0.3 is 141 Å². The molecule has 4 aromatic carbocycles. The maximum Gasteiger partial charge on any atom is 0.303 e. The van der Waals surface area contributed by atoms with E-state index in [1.807, 2.05) is 6.92 Å². The number of phenolic OH excluding ortho intramolecular Hbond substituents is 4. The second-order valence-corrected chi connectivity index (χ2v) is 24.4. The predicted octanol–water partition coefficient (Wildman–Crippen LogP) is 2.18. The number of hydrogen-bond acceptors (Lipinski definition) is 35. The third kappa shape index (κ3) is 16.9. The van der Waals surface area contributed by atoms with Gasteiger partial charge in [0, 0.05) is 81.1 Å². The summed E-state index contributed by atoms with van der Waals surface area (Å²) < 4.78 is 103. The fourth-order valence-corrected chi connectivity index (χ4v) is 12.5. The summed E-state index contributed by atoms with van der Waals surface area (Å²) in [6, 6.07) is 12.6. The Morgan fingerprint density at radius 3 is 1.23 bits per heavy atom. The number of phenols is 4. The van der Waals surface area contributed by atoms with Crippen molar-refractivity contribution in [3.05, 3.63) is 81.1 Å². The first-order valence-electron chi connectivity index (χ1n) is 32.5. The minimum absolute atomic E-state index is 0.00329. The highest BCUT2D eigenvalue weighted by Gasteiger charge is 2.56. The van der Waals surface area contributed by atoms with Crippen LogP contribution in [-0.4, -0.2) is 238 Å². The molecule has 2 aromatic heterocycles. The smallest absolute Gasteiger partial charge is 0.303 e. The van der Waals surface area contributed by atoms with Gasteiger partial charge in [0.1, 0.15) is 117 Å². The lowest BCUT2D eigenvalue weighted by Gasteiger charge is -2.48. The maximum atomic E-state index is 13.3. The van der Waals surface area contributed by atoms with E-state index >= 15 is 0 Å². The number of ether oxygens (including phenoxy) is 16. The van der Waals surface area contributed by atoms with Crippen molar-refractivity contribution >= 4 is 45.8 Å². The minimum Gasteiger partial charge on any atom is -0.507 e. The van der Waals surface area contributed by atoms with E-state index in [2.05, 4.69) is 0 Å². The van der Waals surface area contributed by atoms with E-state index in [0.29, 0.717) is 12.0 Å². The molecule has 0 spiro atoms. The fraction of sp³-hybridized carbons (Fsp3) is 0.507. The summed E-state index contributed by atoms with van der Waals surface area (Å²) in [4.78, 5) is 76.1. The average molecular weight is 1470 g/mol. The van der Waals surface area contributed by atoms with Crippen LogP contribution in [0.3, 0.4) is 0 Å². The van der Waals surface area contributed by atoms with E-state index in [9.17, 15) is 84.9 Å². The fourth-order valence-electron chi connectivity index (χ4n) is 12.5. The van der Waals surface area contributed by atoms with Crippen molar-refractivity contribution in [2.24, 2.45) is 5.92 Å². The Labute approximate surface area is 590 Å². The molecular formula is C69H82O35. The summed E-state index contributed by atoms with van der Waals surface area (Å²) >= 11 is 0. The summed E-state index contributed by atoms with van der Waals surface area (Å²) in [7, 11) is 5.31. The zero-order valence-corrected chi connectivity index (χ0v) is 57.9. The number of esters is 4. The molecule has 4 saturated heterocycles. The van der Waals surface area contributed by atoms with Crippen LogP contribution in [0.25, 0.3) is 44.6 Å². The van der Waals surface area contributed by atoms with Crippen molar-refractivity contribution in [1.82, 2.24) is 0 Å². The molecule has 6 heterocycles. The molecule has 6 aromatic rings. The summed E-state index contributed by atoms with van der Waals surface area (Å²) in [5, 5.41) is 113. The second-order valence-electron chi connectivity index (χ2n) is 24.4. The lowest BCUT2D eigenvalue weighted by molar-refractivity contribution is -0.352. The first-order valence-corrected chi connectivity index (χ1v) is 32.5. The van der Waals surface area contributed by atoms with Crippen LogP contribution < -0.4 is 39.3 Å². The molecule has 20 atom stereocenters. The number of rotatable bonds is 22. The number of hydrogen-bond donors (Lipinski definition) is 11. The number of aliphatic hydroxyl groups excluding tert-OH is 7. The van der Waals surface area contributed by atoms with Gasteiger partial charge in [-0.25, -0.2) is 0 Å². The zero-order valence-electron chi connectivity index (χ0n) is 57.9. The molecular weight excluding hydrogens is 1390 g/mol. The largest absolute Gasteiger partial charge is 0.507 e. The SMILES string of the molecule is CC[C@H]1O[C@H](O[C@H]2[C@H](OC(C)=O)[C@@H](OC(C)=O)[C@H](Oc3cc(O)c4c(=O)cc(-c5cc(OC)c(O)c(OC)c5)oc4c3)O[C@@H]2CC)[C@H](OC(C)=O)[C@@H](OC(C)=O)[C@@H]1C.COc1cc(-c2cc(=O)c3c(O)cc(O[C@@H]4O[C@H](CO)[C@@H](O[C@H]5O[C@H](CO)[C@@H](O)[C@H](O)[C@H]5O)[C@H](O)[C@H]4O)cc3o2)cc(OC)c1O. The normalized spacial score (nSPS) is 28.9. The lowest BCUT2D eigenvalue weighted by Crippen LogP contribution is -2.65. The van der Waals surface area contributed by atoms with Crippen molar-refractivity contribution in [3.8, 4) is 80.1 Å². The summed E-state index contributed by atoms with van der Waals surface area (Å²) in [6.07, 6.45) is -26.9. The molecule has 0 radical (unpaired) electrons. The molecule has 4 aliphatic rings. The van der Waals surface area contributed by atoms with Crippen LogP contribution >= 0.6 is 0 Å². The van der Waals surface area contributed by atoms with Gasteiger partial charge in [-0.2, -0.15) is 0 Å². The first-order chi connectivity index (χ1) is 49.4. The number of carbonyl (C=O) groups excluding carboxylic acids is 4. The van der Waals surface area contributed by atoms with Crippen LogP contribution in [0.15, 0.2) is 79.1 Å². The van der Waals surface area contributed by atoms with Crippen molar-refractivity contribution in [1.29, 1.82) is 0 Å². The van der Waals surface area contributed by atoms with Gasteiger partial charge in [-0.05, 0) is 37.1 Å². The molecule has 10 rings (SSSR count). The Balaban J connectivity index is 0.000000248. The molecule has 0 amide bonds. The van der Waals surface area contributed by atoms with Crippen LogP contribution in [0.1, 0.15) is 61.3 Å². The quantitative estimate of drug-likeness (QED) is 0.0343. The second kappa shape index (κ2) is 33.6. The average Bonchev–Trinajstić information content (AvgIpc) is 0.773. The first kappa shape index (κ1) is 78.8. The Morgan fingerprint density at radius 1 is 0.413 bits per heavy atom. The molecule has 104 heavy (non-hydrogen) atoms. The van der Waals surface area contributed by atoms with E-state index in [0.717, 1.165) is 38.1 Å². The molecule has 35 heteroatoms. The number of aromatic hydroxyl groups is 4. The lowest BCUT2D eigenvalue weighted by atomic mass is 9.88. The van der Waals surface area contributed by atoms with Crippen LogP contribution in [0.5, 0.6) is 57.5 Å². The number of aliphatic hydroxyl groups is 7. The Morgan fingerprint density at radius 2 is 0.798 bits per heavy atom. The Kier molecular flexibility index (Phi) is 25.5. The van der Waals surface area contributed by atoms with Gasteiger partial charge in [-0.3, -0.25) is 28.8 Å². The number of benzene rings is 4. The Hall–Kier alpha value is -9.34. The van der Waals surface area contributed by atoms with Gasteiger partial charge in [-0.15, -0.1) is 0 Å². The van der Waals surface area contributed by atoms with Gasteiger partial charge in [0.25, 0.3) is 0 Å². The number of methoxy groups -OCH3 is 4. The summed E-state index contributed by atoms with van der Waals surface area (Å²) in [6.45, 7) is 8.49. The van der Waals surface area contributed by atoms with E-state index < -0.39 is 182 Å². The third-order valence-corrected chi connectivity index (χ3v) is 17.5. The van der Waals surface area contributed by atoms with E-state index in [-0.39, 0.29) is 91.4 Å². The topological polar surface area (TPSA) is 499 Å². The standard InChI is InChI=1S/C40H48O18.C29H34O17/c1-10-26-17(3)34(50-18(4)41)37(52-20(6)43)40(56-26)58-35-27(11-2)57-39(38(53-21(7)44)36(35)51-19(5)42)54-23-14-24(45)32-25(46)16-28(55-29(32)15-23)22-12-30(48-8)33(47)31(13-22)49-9;1-40-16-3-10(4-17(41-2)21(16)34)14-7-13(33)20-12(32)5-11(6-15(20)43-14)42-28-26(39)24(37)27(19(9-31)45-28)46-29-25(38)23(36)22(35)18(8-30)44-29/h12-17,26-27,34-40,45,47H,10-11H2,1-9H3;3-7,18-19,22-32,34-39H,8-9H2,1-2H3/t17-,26-,27-,34+,35-,36+,37-,38-,39-,40-;18-,19-,22-,23+,24-,25-,26-,27-,28-,29-/m11/s1. The molecule has 11 N–H and O–H groups in total. The molecule has 0 aliphatic carbocycles. The van der Waals surface area contributed by atoms with Crippen molar-refractivity contribution in [2.45, 2.75) is 178 Å². The monoisotopic (exact) mass is 1470 g/mol. The number of fused-ring (bicyclic) bond motifs is 2. The molecule has 0 bridgehead atoms. The van der Waals surface area contributed by atoms with E-state index in [4.69, 9.17) is 84.6 Å². The highest BCUT2D eigenvalue weighted by atomic mass is 16.8. The third-order valence-electron chi connectivity index (χ3n) is 17.5. The molecule has 0 saturated carbocycles. The van der Waals surface area contributed by atoms with E-state index in [1.54, 1.807) is 13.8 Å². The molecule has 35 nitrogen and oxygen atoms in total. The highest BCUT2D eigenvalue weighted by Crippen LogP contribution is 2.45.